The van der Waals surface area contributed by atoms with Crippen LogP contribution in [0.5, 0.6) is 5.75 Å². The molecule has 1 aliphatic heterocycles. The molecule has 2 aromatic carbocycles. The molecule has 1 aliphatic rings. The fourth-order valence-corrected chi connectivity index (χ4v) is 4.84. The van der Waals surface area contributed by atoms with Crippen LogP contribution >= 0.6 is 11.3 Å². The van der Waals surface area contributed by atoms with Gasteiger partial charge in [0.05, 0.1) is 12.6 Å². The molecule has 1 atom stereocenters. The van der Waals surface area contributed by atoms with Gasteiger partial charge >= 0.3 is 0 Å². The predicted molar refractivity (Wildman–Crippen MR) is 110 cm³/mol. The molecule has 26 heavy (non-hydrogen) atoms. The molecule has 2 heterocycles. The van der Waals surface area contributed by atoms with E-state index in [9.17, 15) is 0 Å². The first kappa shape index (κ1) is 17.5. The molecular weight excluding hydrogens is 340 g/mol. The summed E-state index contributed by atoms with van der Waals surface area (Å²) in [5.41, 5.74) is 2.74. The monoisotopic (exact) mass is 366 g/mol. The van der Waals surface area contributed by atoms with Crippen molar-refractivity contribution in [3.8, 4) is 5.75 Å². The zero-order valence-electron chi connectivity index (χ0n) is 15.3. The minimum absolute atomic E-state index is 0.270. The molecule has 1 saturated heterocycles. The minimum Gasteiger partial charge on any atom is -0.494 e. The van der Waals surface area contributed by atoms with Crippen LogP contribution in [0, 0.1) is 0 Å². The van der Waals surface area contributed by atoms with Gasteiger partial charge in [-0.2, -0.15) is 0 Å². The molecule has 3 aromatic rings. The summed E-state index contributed by atoms with van der Waals surface area (Å²) in [6.45, 7) is 7.06. The number of nitrogens with one attached hydrogen (secondary N) is 1. The fourth-order valence-electron chi connectivity index (χ4n) is 3.86. The smallest absolute Gasteiger partial charge is 0.119 e. The van der Waals surface area contributed by atoms with Crippen LogP contribution < -0.4 is 10.1 Å². The van der Waals surface area contributed by atoms with E-state index in [2.05, 4.69) is 64.1 Å². The zero-order chi connectivity index (χ0) is 17.8. The van der Waals surface area contributed by atoms with Crippen LogP contribution in [0.3, 0.4) is 0 Å². The molecule has 1 aromatic heterocycles. The Kier molecular flexibility index (Phi) is 5.54. The van der Waals surface area contributed by atoms with Crippen molar-refractivity contribution in [1.29, 1.82) is 0 Å². The highest BCUT2D eigenvalue weighted by Crippen LogP contribution is 2.38. The van der Waals surface area contributed by atoms with Gasteiger partial charge < -0.3 is 10.1 Å². The van der Waals surface area contributed by atoms with Crippen molar-refractivity contribution in [2.75, 3.05) is 32.8 Å². The topological polar surface area (TPSA) is 24.5 Å². The molecule has 136 valence electrons. The van der Waals surface area contributed by atoms with E-state index < -0.39 is 0 Å². The lowest BCUT2D eigenvalue weighted by Gasteiger charge is -2.31. The Bertz CT molecular complexity index is 852. The van der Waals surface area contributed by atoms with Crippen molar-refractivity contribution in [3.05, 3.63) is 65.0 Å². The number of nitrogens with zero attached hydrogens (tertiary/aromatic N) is 1. The summed E-state index contributed by atoms with van der Waals surface area (Å²) in [5, 5.41) is 7.26. The Morgan fingerprint density at radius 2 is 2.04 bits per heavy atom. The predicted octanol–water partition coefficient (Wildman–Crippen LogP) is 4.68. The average Bonchev–Trinajstić information content (AvgIpc) is 2.90. The standard InChI is InChI=1S/C22H26N2OS/c1-2-25-18-8-5-7-17(15-18)22(24-13-6-11-23-12-14-24)20-16-26-21-10-4-3-9-19(20)21/h3-5,7-10,15-16,22-23H,2,6,11-14H2,1H3. The molecule has 0 amide bonds. The normalized spacial score (nSPS) is 17.1. The van der Waals surface area contributed by atoms with Gasteiger partial charge in [-0.1, -0.05) is 30.3 Å². The highest BCUT2D eigenvalue weighted by Gasteiger charge is 2.26. The molecule has 1 fully saturated rings. The SMILES string of the molecule is CCOc1cccc(C(c2csc3ccccc23)N2CCCNCC2)c1. The van der Waals surface area contributed by atoms with Crippen molar-refractivity contribution in [2.45, 2.75) is 19.4 Å². The molecule has 1 N–H and O–H groups in total. The summed E-state index contributed by atoms with van der Waals surface area (Å²) >= 11 is 1.85. The third-order valence-electron chi connectivity index (χ3n) is 5.03. The molecule has 3 nitrogen and oxygen atoms in total. The van der Waals surface area contributed by atoms with Crippen LogP contribution in [0.4, 0.5) is 0 Å². The van der Waals surface area contributed by atoms with Gasteiger partial charge in [0.25, 0.3) is 0 Å². The number of hydrogen-bond donors (Lipinski definition) is 1. The largest absolute Gasteiger partial charge is 0.494 e. The first-order chi connectivity index (χ1) is 12.9. The zero-order valence-corrected chi connectivity index (χ0v) is 16.1. The minimum atomic E-state index is 0.270. The maximum Gasteiger partial charge on any atom is 0.119 e. The second kappa shape index (κ2) is 8.21. The first-order valence-corrected chi connectivity index (χ1v) is 10.4. The van der Waals surface area contributed by atoms with Crippen LogP contribution in [0.15, 0.2) is 53.9 Å². The van der Waals surface area contributed by atoms with E-state index in [0.29, 0.717) is 6.61 Å². The molecular formula is C22H26N2OS. The number of hydrogen-bond acceptors (Lipinski definition) is 4. The van der Waals surface area contributed by atoms with E-state index in [4.69, 9.17) is 4.74 Å². The second-order valence-electron chi connectivity index (χ2n) is 6.73. The Hall–Kier alpha value is -1.88. The van der Waals surface area contributed by atoms with Crippen molar-refractivity contribution in [2.24, 2.45) is 0 Å². The molecule has 0 bridgehead atoms. The van der Waals surface area contributed by atoms with Gasteiger partial charge in [0.1, 0.15) is 5.75 Å². The molecule has 4 heteroatoms. The lowest BCUT2D eigenvalue weighted by Crippen LogP contribution is -2.32. The molecule has 4 rings (SSSR count). The summed E-state index contributed by atoms with van der Waals surface area (Å²) in [7, 11) is 0. The van der Waals surface area contributed by atoms with Gasteiger partial charge in [0, 0.05) is 24.3 Å². The maximum absolute atomic E-state index is 5.79. The second-order valence-corrected chi connectivity index (χ2v) is 7.65. The van der Waals surface area contributed by atoms with Crippen molar-refractivity contribution in [3.63, 3.8) is 0 Å². The highest BCUT2D eigenvalue weighted by atomic mass is 32.1. The lowest BCUT2D eigenvalue weighted by molar-refractivity contribution is 0.242. The summed E-state index contributed by atoms with van der Waals surface area (Å²) < 4.78 is 7.15. The Morgan fingerprint density at radius 3 is 2.96 bits per heavy atom. The van der Waals surface area contributed by atoms with Crippen molar-refractivity contribution < 1.29 is 4.74 Å². The number of benzene rings is 2. The third kappa shape index (κ3) is 3.63. The molecule has 0 saturated carbocycles. The van der Waals surface area contributed by atoms with E-state index in [0.717, 1.165) is 31.9 Å². The number of rotatable bonds is 5. The quantitative estimate of drug-likeness (QED) is 0.709. The number of fused-ring (bicyclic) bond motifs is 1. The average molecular weight is 367 g/mol. The van der Waals surface area contributed by atoms with Crippen LogP contribution in [0.2, 0.25) is 0 Å². The fraction of sp³-hybridized carbons (Fsp3) is 0.364. The summed E-state index contributed by atoms with van der Waals surface area (Å²) in [5.74, 6) is 0.961. The van der Waals surface area contributed by atoms with Crippen molar-refractivity contribution >= 4 is 21.4 Å². The van der Waals surface area contributed by atoms with Crippen LogP contribution in [-0.2, 0) is 0 Å². The summed E-state index contributed by atoms with van der Waals surface area (Å²) in [6.07, 6.45) is 1.18. The van der Waals surface area contributed by atoms with Gasteiger partial charge in [0.15, 0.2) is 0 Å². The van der Waals surface area contributed by atoms with Crippen LogP contribution in [0.25, 0.3) is 10.1 Å². The third-order valence-corrected chi connectivity index (χ3v) is 6.01. The van der Waals surface area contributed by atoms with E-state index >= 15 is 0 Å². The molecule has 0 radical (unpaired) electrons. The van der Waals surface area contributed by atoms with E-state index in [-0.39, 0.29) is 6.04 Å². The Balaban J connectivity index is 1.80. The van der Waals surface area contributed by atoms with Crippen LogP contribution in [0.1, 0.15) is 30.5 Å². The molecule has 0 aliphatic carbocycles. The Labute approximate surface area is 159 Å². The Morgan fingerprint density at radius 1 is 1.12 bits per heavy atom. The van der Waals surface area contributed by atoms with Gasteiger partial charge in [0.2, 0.25) is 0 Å². The summed E-state index contributed by atoms with van der Waals surface area (Å²) in [6, 6.07) is 17.7. The number of ether oxygens (including phenoxy) is 1. The van der Waals surface area contributed by atoms with E-state index in [1.165, 1.54) is 27.6 Å². The lowest BCUT2D eigenvalue weighted by atomic mass is 9.96. The first-order valence-electron chi connectivity index (χ1n) is 9.50. The highest BCUT2D eigenvalue weighted by molar-refractivity contribution is 7.17. The van der Waals surface area contributed by atoms with Gasteiger partial charge in [-0.05, 0) is 60.0 Å². The van der Waals surface area contributed by atoms with Gasteiger partial charge in [-0.25, -0.2) is 0 Å². The maximum atomic E-state index is 5.79. The van der Waals surface area contributed by atoms with Crippen molar-refractivity contribution in [1.82, 2.24) is 10.2 Å². The van der Waals surface area contributed by atoms with Gasteiger partial charge in [-0.3, -0.25) is 4.90 Å². The van der Waals surface area contributed by atoms with Crippen LogP contribution in [-0.4, -0.2) is 37.7 Å². The van der Waals surface area contributed by atoms with E-state index in [1.807, 2.05) is 18.3 Å². The number of thiophene rings is 1. The van der Waals surface area contributed by atoms with Gasteiger partial charge in [-0.15, -0.1) is 11.3 Å². The molecule has 1 unspecified atom stereocenters. The molecule has 0 spiro atoms. The summed E-state index contributed by atoms with van der Waals surface area (Å²) in [4.78, 5) is 2.62. The van der Waals surface area contributed by atoms with E-state index in [1.54, 1.807) is 0 Å².